The van der Waals surface area contributed by atoms with Crippen LogP contribution in [-0.4, -0.2) is 24.9 Å². The molecule has 0 saturated carbocycles. The van der Waals surface area contributed by atoms with Gasteiger partial charge in [-0.05, 0) is 29.8 Å². The van der Waals surface area contributed by atoms with Crippen LogP contribution in [0.15, 0.2) is 66.9 Å². The summed E-state index contributed by atoms with van der Waals surface area (Å²) in [5, 5.41) is 3.50. The number of hydrogen-bond acceptors (Lipinski definition) is 4. The van der Waals surface area contributed by atoms with Crippen LogP contribution >= 0.6 is 11.6 Å². The van der Waals surface area contributed by atoms with Crippen LogP contribution in [0.3, 0.4) is 0 Å². The van der Waals surface area contributed by atoms with Crippen LogP contribution in [0, 0.1) is 0 Å². The SMILES string of the molecule is COC(=O)C(Cc1ccccc1)N/C=C\C(=O)c1ccc(Cl)cc1. The summed E-state index contributed by atoms with van der Waals surface area (Å²) in [5.74, 6) is -0.565. The van der Waals surface area contributed by atoms with Gasteiger partial charge in [0.25, 0.3) is 0 Å². The average molecular weight is 344 g/mol. The van der Waals surface area contributed by atoms with E-state index in [1.54, 1.807) is 24.3 Å². The van der Waals surface area contributed by atoms with E-state index in [1.807, 2.05) is 30.3 Å². The predicted octanol–water partition coefficient (Wildman–Crippen LogP) is 3.41. The molecule has 2 aromatic carbocycles. The van der Waals surface area contributed by atoms with E-state index in [0.717, 1.165) is 5.56 Å². The Bertz CT molecular complexity index is 711. The third-order valence-electron chi connectivity index (χ3n) is 3.43. The van der Waals surface area contributed by atoms with Crippen molar-refractivity contribution in [3.63, 3.8) is 0 Å². The topological polar surface area (TPSA) is 55.4 Å². The number of allylic oxidation sites excluding steroid dienone is 1. The van der Waals surface area contributed by atoms with E-state index in [1.165, 1.54) is 19.4 Å². The average Bonchev–Trinajstić information content (AvgIpc) is 2.61. The van der Waals surface area contributed by atoms with Crippen LogP contribution in [0.2, 0.25) is 5.02 Å². The Balaban J connectivity index is 2.00. The highest BCUT2D eigenvalue weighted by Crippen LogP contribution is 2.10. The monoisotopic (exact) mass is 343 g/mol. The Morgan fingerprint density at radius 1 is 1.12 bits per heavy atom. The number of nitrogens with one attached hydrogen (secondary N) is 1. The Morgan fingerprint density at radius 3 is 2.42 bits per heavy atom. The second-order valence-electron chi connectivity index (χ2n) is 5.14. The zero-order chi connectivity index (χ0) is 17.4. The van der Waals surface area contributed by atoms with E-state index in [0.29, 0.717) is 17.0 Å². The maximum Gasteiger partial charge on any atom is 0.328 e. The van der Waals surface area contributed by atoms with Crippen molar-refractivity contribution in [2.75, 3.05) is 7.11 Å². The van der Waals surface area contributed by atoms with E-state index >= 15 is 0 Å². The fourth-order valence-electron chi connectivity index (χ4n) is 2.15. The van der Waals surface area contributed by atoms with Crippen LogP contribution in [0.1, 0.15) is 15.9 Å². The minimum atomic E-state index is -0.563. The van der Waals surface area contributed by atoms with Gasteiger partial charge in [-0.1, -0.05) is 41.9 Å². The number of methoxy groups -OCH3 is 1. The number of hydrogen-bond donors (Lipinski definition) is 1. The van der Waals surface area contributed by atoms with Gasteiger partial charge in [0.15, 0.2) is 5.78 Å². The Kier molecular flexibility index (Phi) is 6.58. The zero-order valence-electron chi connectivity index (χ0n) is 13.2. The smallest absolute Gasteiger partial charge is 0.328 e. The number of ether oxygens (including phenoxy) is 1. The van der Waals surface area contributed by atoms with Gasteiger partial charge in [0.05, 0.1) is 7.11 Å². The molecule has 0 radical (unpaired) electrons. The summed E-state index contributed by atoms with van der Waals surface area (Å²) in [6.45, 7) is 0. The molecule has 0 saturated heterocycles. The molecule has 124 valence electrons. The number of ketones is 1. The minimum Gasteiger partial charge on any atom is -0.467 e. The number of benzene rings is 2. The summed E-state index contributed by atoms with van der Waals surface area (Å²) < 4.78 is 4.80. The van der Waals surface area contributed by atoms with E-state index in [9.17, 15) is 9.59 Å². The Hall–Kier alpha value is -2.59. The van der Waals surface area contributed by atoms with E-state index in [2.05, 4.69) is 5.32 Å². The quantitative estimate of drug-likeness (QED) is 0.475. The maximum absolute atomic E-state index is 12.0. The molecule has 4 nitrogen and oxygen atoms in total. The van der Waals surface area contributed by atoms with Gasteiger partial charge in [-0.2, -0.15) is 0 Å². The summed E-state index contributed by atoms with van der Waals surface area (Å²) in [6, 6.07) is 15.6. The Labute approximate surface area is 146 Å². The molecule has 1 atom stereocenters. The van der Waals surface area contributed by atoms with Crippen molar-refractivity contribution >= 4 is 23.4 Å². The lowest BCUT2D eigenvalue weighted by Crippen LogP contribution is -2.36. The first kappa shape index (κ1) is 17.8. The highest BCUT2D eigenvalue weighted by atomic mass is 35.5. The highest BCUT2D eigenvalue weighted by molar-refractivity contribution is 6.30. The minimum absolute atomic E-state index is 0.178. The molecule has 0 aliphatic heterocycles. The van der Waals surface area contributed by atoms with Crippen molar-refractivity contribution in [1.82, 2.24) is 5.32 Å². The van der Waals surface area contributed by atoms with Crippen molar-refractivity contribution in [2.24, 2.45) is 0 Å². The van der Waals surface area contributed by atoms with E-state index < -0.39 is 6.04 Å². The molecular formula is C19H18ClNO3. The lowest BCUT2D eigenvalue weighted by molar-refractivity contribution is -0.142. The summed E-state index contributed by atoms with van der Waals surface area (Å²) in [4.78, 5) is 23.9. The number of esters is 1. The van der Waals surface area contributed by atoms with Crippen molar-refractivity contribution in [3.8, 4) is 0 Å². The molecule has 0 spiro atoms. The fourth-order valence-corrected chi connectivity index (χ4v) is 2.28. The largest absolute Gasteiger partial charge is 0.467 e. The van der Waals surface area contributed by atoms with Crippen LogP contribution < -0.4 is 5.32 Å². The van der Waals surface area contributed by atoms with E-state index in [-0.39, 0.29) is 11.8 Å². The van der Waals surface area contributed by atoms with Crippen LogP contribution in [0.5, 0.6) is 0 Å². The molecular weight excluding hydrogens is 326 g/mol. The maximum atomic E-state index is 12.0. The standard InChI is InChI=1S/C19H18ClNO3/c1-24-19(23)17(13-14-5-3-2-4-6-14)21-12-11-18(22)15-7-9-16(20)10-8-15/h2-12,17,21H,13H2,1H3/b12-11-. The molecule has 0 fully saturated rings. The van der Waals surface area contributed by atoms with Gasteiger partial charge in [-0.3, -0.25) is 4.79 Å². The molecule has 0 amide bonds. The second kappa shape index (κ2) is 8.89. The Morgan fingerprint density at radius 2 is 1.79 bits per heavy atom. The van der Waals surface area contributed by atoms with Gasteiger partial charge in [-0.25, -0.2) is 4.79 Å². The third-order valence-corrected chi connectivity index (χ3v) is 3.68. The molecule has 2 aromatic rings. The molecule has 1 unspecified atom stereocenters. The lowest BCUT2D eigenvalue weighted by atomic mass is 10.1. The molecule has 2 rings (SSSR count). The van der Waals surface area contributed by atoms with Crippen molar-refractivity contribution in [1.29, 1.82) is 0 Å². The van der Waals surface area contributed by atoms with E-state index in [4.69, 9.17) is 16.3 Å². The number of carbonyl (C=O) groups excluding carboxylic acids is 2. The zero-order valence-corrected chi connectivity index (χ0v) is 14.0. The van der Waals surface area contributed by atoms with Crippen molar-refractivity contribution in [2.45, 2.75) is 12.5 Å². The second-order valence-corrected chi connectivity index (χ2v) is 5.57. The molecule has 0 aliphatic carbocycles. The van der Waals surface area contributed by atoms with Gasteiger partial charge >= 0.3 is 5.97 Å². The highest BCUT2D eigenvalue weighted by Gasteiger charge is 2.17. The van der Waals surface area contributed by atoms with Gasteiger partial charge in [0, 0.05) is 29.3 Å². The van der Waals surface area contributed by atoms with Crippen LogP contribution in [0.4, 0.5) is 0 Å². The first-order chi connectivity index (χ1) is 11.6. The van der Waals surface area contributed by atoms with Gasteiger partial charge in [-0.15, -0.1) is 0 Å². The summed E-state index contributed by atoms with van der Waals surface area (Å²) in [7, 11) is 1.34. The third kappa shape index (κ3) is 5.25. The number of halogens is 1. The fraction of sp³-hybridized carbons (Fsp3) is 0.158. The van der Waals surface area contributed by atoms with Crippen molar-refractivity contribution < 1.29 is 14.3 Å². The first-order valence-corrected chi connectivity index (χ1v) is 7.82. The number of carbonyl (C=O) groups is 2. The molecule has 0 aliphatic rings. The summed E-state index contributed by atoms with van der Waals surface area (Å²) in [6.07, 6.45) is 3.32. The van der Waals surface area contributed by atoms with Gasteiger partial charge in [0.1, 0.15) is 6.04 Å². The molecule has 0 bridgehead atoms. The molecule has 0 heterocycles. The molecule has 5 heteroatoms. The van der Waals surface area contributed by atoms with Gasteiger partial charge in [0.2, 0.25) is 0 Å². The molecule has 1 N–H and O–H groups in total. The lowest BCUT2D eigenvalue weighted by Gasteiger charge is -2.14. The molecule has 0 aromatic heterocycles. The van der Waals surface area contributed by atoms with Gasteiger partial charge < -0.3 is 10.1 Å². The van der Waals surface area contributed by atoms with Crippen molar-refractivity contribution in [3.05, 3.63) is 83.0 Å². The van der Waals surface area contributed by atoms with Crippen LogP contribution in [0.25, 0.3) is 0 Å². The van der Waals surface area contributed by atoms with Crippen LogP contribution in [-0.2, 0) is 16.0 Å². The first-order valence-electron chi connectivity index (χ1n) is 7.44. The number of rotatable bonds is 7. The normalized spacial score (nSPS) is 11.9. The predicted molar refractivity (Wildman–Crippen MR) is 94.0 cm³/mol. The molecule has 24 heavy (non-hydrogen) atoms. The summed E-state index contributed by atoms with van der Waals surface area (Å²) in [5.41, 5.74) is 1.52. The summed E-state index contributed by atoms with van der Waals surface area (Å²) >= 11 is 5.80.